The molecule has 0 aliphatic rings. The second kappa shape index (κ2) is 10.6. The Morgan fingerprint density at radius 2 is 1.43 bits per heavy atom. The molecule has 0 aromatic carbocycles. The fourth-order valence-electron chi connectivity index (χ4n) is 2.84. The quantitative estimate of drug-likeness (QED) is 0.557. The van der Waals surface area contributed by atoms with Gasteiger partial charge in [0.15, 0.2) is 5.82 Å². The fraction of sp³-hybridized carbons (Fsp3) is 0.882. The van der Waals surface area contributed by atoms with Crippen LogP contribution in [0.25, 0.3) is 0 Å². The number of unbranched alkanes of at least 4 members (excludes halogenated alkanes) is 9. The average Bonchev–Trinajstić information content (AvgIpc) is 2.82. The van der Waals surface area contributed by atoms with Gasteiger partial charge in [0.1, 0.15) is 0 Å². The van der Waals surface area contributed by atoms with Crippen LogP contribution in [0, 0.1) is 0 Å². The molecule has 4 nitrogen and oxygen atoms in total. The predicted molar refractivity (Wildman–Crippen MR) is 90.4 cm³/mol. The second-order valence-corrected chi connectivity index (χ2v) is 6.42. The molecule has 0 aliphatic carbocycles. The lowest BCUT2D eigenvalue weighted by Crippen LogP contribution is -2.08. The van der Waals surface area contributed by atoms with E-state index in [1.807, 2.05) is 4.68 Å². The molecule has 4 heteroatoms. The van der Waals surface area contributed by atoms with E-state index in [9.17, 15) is 0 Å². The summed E-state index contributed by atoms with van der Waals surface area (Å²) in [7, 11) is 0. The van der Waals surface area contributed by atoms with E-state index in [0.717, 1.165) is 12.2 Å². The molecule has 0 amide bonds. The molecule has 0 radical (unpaired) electrons. The van der Waals surface area contributed by atoms with E-state index in [2.05, 4.69) is 31.1 Å². The molecule has 0 fully saturated rings. The molecule has 0 spiro atoms. The van der Waals surface area contributed by atoms with E-state index < -0.39 is 0 Å². The van der Waals surface area contributed by atoms with E-state index in [1.54, 1.807) is 0 Å². The maximum atomic E-state index is 5.87. The summed E-state index contributed by atoms with van der Waals surface area (Å²) in [4.78, 5) is 0. The van der Waals surface area contributed by atoms with Gasteiger partial charge in [-0.05, 0) is 12.3 Å². The van der Waals surface area contributed by atoms with Crippen molar-refractivity contribution in [3.63, 3.8) is 0 Å². The van der Waals surface area contributed by atoms with Crippen LogP contribution in [0.1, 0.15) is 96.6 Å². The Hall–Kier alpha value is -1.06. The molecule has 1 aromatic rings. The largest absolute Gasteiger partial charge is 0.381 e. The molecule has 1 heterocycles. The van der Waals surface area contributed by atoms with Gasteiger partial charge < -0.3 is 5.73 Å². The zero-order valence-corrected chi connectivity index (χ0v) is 14.3. The topological polar surface area (TPSA) is 56.7 Å². The van der Waals surface area contributed by atoms with Crippen molar-refractivity contribution < 1.29 is 0 Å². The zero-order valence-electron chi connectivity index (χ0n) is 14.3. The molecule has 2 N–H and O–H groups in total. The highest BCUT2D eigenvalue weighted by Crippen LogP contribution is 2.19. The molecule has 1 rings (SSSR count). The number of nitrogen functional groups attached to an aromatic ring is 1. The number of nitrogens with two attached hydrogens (primary N) is 1. The maximum absolute atomic E-state index is 5.87. The van der Waals surface area contributed by atoms with Crippen molar-refractivity contribution in [3.05, 3.63) is 5.69 Å². The van der Waals surface area contributed by atoms with Gasteiger partial charge >= 0.3 is 0 Å². The van der Waals surface area contributed by atoms with E-state index in [1.165, 1.54) is 64.2 Å². The normalized spacial score (nSPS) is 11.4. The third-order valence-electron chi connectivity index (χ3n) is 4.07. The molecule has 21 heavy (non-hydrogen) atoms. The van der Waals surface area contributed by atoms with Gasteiger partial charge in [-0.15, -0.1) is 5.10 Å². The molecule has 0 saturated carbocycles. The third-order valence-corrected chi connectivity index (χ3v) is 4.07. The van der Waals surface area contributed by atoms with E-state index in [0.29, 0.717) is 11.7 Å². The van der Waals surface area contributed by atoms with Gasteiger partial charge in [-0.1, -0.05) is 83.8 Å². The smallest absolute Gasteiger partial charge is 0.169 e. The van der Waals surface area contributed by atoms with Crippen LogP contribution in [-0.2, 0) is 6.54 Å². The van der Waals surface area contributed by atoms with Crippen molar-refractivity contribution >= 4 is 5.82 Å². The molecule has 0 atom stereocenters. The SMILES string of the molecule is CCCCCCCCCCCCn1nnc(N)c1C(C)C. The van der Waals surface area contributed by atoms with Gasteiger partial charge in [0.2, 0.25) is 0 Å². The second-order valence-electron chi connectivity index (χ2n) is 6.42. The molecular formula is C17H34N4. The van der Waals surface area contributed by atoms with Crippen LogP contribution in [0.3, 0.4) is 0 Å². The maximum Gasteiger partial charge on any atom is 0.169 e. The van der Waals surface area contributed by atoms with E-state index in [-0.39, 0.29) is 0 Å². The monoisotopic (exact) mass is 294 g/mol. The van der Waals surface area contributed by atoms with Crippen molar-refractivity contribution in [3.8, 4) is 0 Å². The lowest BCUT2D eigenvalue weighted by molar-refractivity contribution is 0.491. The molecule has 0 aliphatic heterocycles. The summed E-state index contributed by atoms with van der Waals surface area (Å²) in [6.07, 6.45) is 13.6. The highest BCUT2D eigenvalue weighted by atomic mass is 15.4. The first-order valence-corrected chi connectivity index (χ1v) is 8.85. The third kappa shape index (κ3) is 6.96. The van der Waals surface area contributed by atoms with Crippen molar-refractivity contribution in [1.82, 2.24) is 15.0 Å². The minimum absolute atomic E-state index is 0.392. The highest BCUT2D eigenvalue weighted by molar-refractivity contribution is 5.34. The van der Waals surface area contributed by atoms with Gasteiger partial charge in [-0.25, -0.2) is 4.68 Å². The van der Waals surface area contributed by atoms with Crippen molar-refractivity contribution in [1.29, 1.82) is 0 Å². The summed E-state index contributed by atoms with van der Waals surface area (Å²) in [5, 5.41) is 8.15. The number of aromatic nitrogens is 3. The Bertz CT molecular complexity index is 371. The van der Waals surface area contributed by atoms with E-state index >= 15 is 0 Å². The fourth-order valence-corrected chi connectivity index (χ4v) is 2.84. The number of nitrogens with zero attached hydrogens (tertiary/aromatic N) is 3. The van der Waals surface area contributed by atoms with Gasteiger partial charge in [0.25, 0.3) is 0 Å². The van der Waals surface area contributed by atoms with Gasteiger partial charge in [0.05, 0.1) is 5.69 Å². The first-order valence-electron chi connectivity index (χ1n) is 8.85. The van der Waals surface area contributed by atoms with Crippen LogP contribution in [0.5, 0.6) is 0 Å². The lowest BCUT2D eigenvalue weighted by Gasteiger charge is -2.09. The standard InChI is InChI=1S/C17H34N4/c1-4-5-6-7-8-9-10-11-12-13-14-21-16(15(2)3)17(18)19-20-21/h15H,4-14,18H2,1-3H3. The number of hydrogen-bond donors (Lipinski definition) is 1. The Balaban J connectivity index is 2.04. The summed E-state index contributed by atoms with van der Waals surface area (Å²) >= 11 is 0. The summed E-state index contributed by atoms with van der Waals surface area (Å²) in [5.74, 6) is 0.986. The molecule has 0 unspecified atom stereocenters. The van der Waals surface area contributed by atoms with Gasteiger partial charge in [-0.2, -0.15) is 0 Å². The minimum Gasteiger partial charge on any atom is -0.381 e. The Kier molecular flexibility index (Phi) is 9.11. The number of rotatable bonds is 12. The van der Waals surface area contributed by atoms with Crippen molar-refractivity contribution in [2.75, 3.05) is 5.73 Å². The minimum atomic E-state index is 0.392. The summed E-state index contributed by atoms with van der Waals surface area (Å²) in [5.41, 5.74) is 6.96. The first kappa shape index (κ1) is 18.0. The molecular weight excluding hydrogens is 260 g/mol. The molecule has 0 saturated heterocycles. The van der Waals surface area contributed by atoms with Crippen LogP contribution < -0.4 is 5.73 Å². The molecule has 122 valence electrons. The Morgan fingerprint density at radius 1 is 0.905 bits per heavy atom. The van der Waals surface area contributed by atoms with Crippen LogP contribution >= 0.6 is 0 Å². The van der Waals surface area contributed by atoms with Gasteiger partial charge in [0, 0.05) is 6.54 Å². The summed E-state index contributed by atoms with van der Waals surface area (Å²) in [6.45, 7) is 7.51. The van der Waals surface area contributed by atoms with E-state index in [4.69, 9.17) is 5.73 Å². The lowest BCUT2D eigenvalue weighted by atomic mass is 10.1. The Morgan fingerprint density at radius 3 is 1.95 bits per heavy atom. The number of anilines is 1. The molecule has 1 aromatic heterocycles. The molecule has 0 bridgehead atoms. The van der Waals surface area contributed by atoms with Crippen molar-refractivity contribution in [2.45, 2.75) is 97.4 Å². The Labute approximate surface area is 130 Å². The van der Waals surface area contributed by atoms with Crippen LogP contribution in [0.2, 0.25) is 0 Å². The number of hydrogen-bond acceptors (Lipinski definition) is 3. The van der Waals surface area contributed by atoms with Gasteiger partial charge in [-0.3, -0.25) is 0 Å². The summed E-state index contributed by atoms with van der Waals surface area (Å²) in [6, 6.07) is 0. The zero-order chi connectivity index (χ0) is 15.5. The predicted octanol–water partition coefficient (Wildman–Crippen LogP) is 4.90. The van der Waals surface area contributed by atoms with Crippen LogP contribution in [0.15, 0.2) is 0 Å². The van der Waals surface area contributed by atoms with Crippen LogP contribution in [0.4, 0.5) is 5.82 Å². The first-order chi connectivity index (χ1) is 10.2. The highest BCUT2D eigenvalue weighted by Gasteiger charge is 2.12. The average molecular weight is 294 g/mol. The number of aryl methyl sites for hydroxylation is 1. The van der Waals surface area contributed by atoms with Crippen molar-refractivity contribution in [2.24, 2.45) is 0 Å². The summed E-state index contributed by atoms with van der Waals surface area (Å²) < 4.78 is 1.99. The van der Waals surface area contributed by atoms with Crippen LogP contribution in [-0.4, -0.2) is 15.0 Å².